The summed E-state index contributed by atoms with van der Waals surface area (Å²) < 4.78 is 5.34. The van der Waals surface area contributed by atoms with Crippen molar-refractivity contribution in [3.05, 3.63) is 0 Å². The number of hydrogen-bond donors (Lipinski definition) is 2. The zero-order chi connectivity index (χ0) is 14.3. The van der Waals surface area contributed by atoms with E-state index in [1.807, 2.05) is 13.8 Å². The molecule has 0 saturated carbocycles. The van der Waals surface area contributed by atoms with Crippen molar-refractivity contribution in [2.75, 3.05) is 26.2 Å². The molecule has 1 aliphatic heterocycles. The monoisotopic (exact) mass is 272 g/mol. The smallest absolute Gasteiger partial charge is 0.317 e. The molecule has 1 fully saturated rings. The highest BCUT2D eigenvalue weighted by atomic mass is 16.5. The number of urea groups is 1. The van der Waals surface area contributed by atoms with Gasteiger partial charge in [-0.15, -0.1) is 0 Å². The van der Waals surface area contributed by atoms with Gasteiger partial charge in [0.25, 0.3) is 0 Å². The Morgan fingerprint density at radius 1 is 1.42 bits per heavy atom. The van der Waals surface area contributed by atoms with E-state index in [0.717, 1.165) is 12.8 Å². The number of rotatable bonds is 6. The van der Waals surface area contributed by atoms with Crippen molar-refractivity contribution in [1.82, 2.24) is 10.2 Å². The molecule has 2 amide bonds. The summed E-state index contributed by atoms with van der Waals surface area (Å²) in [5.41, 5.74) is 0. The Bertz CT molecular complexity index is 301. The second-order valence-electron chi connectivity index (χ2n) is 4.98. The lowest BCUT2D eigenvalue weighted by Gasteiger charge is -2.31. The predicted octanol–water partition coefficient (Wildman–Crippen LogP) is 1.31. The van der Waals surface area contributed by atoms with Gasteiger partial charge in [-0.3, -0.25) is 4.79 Å². The van der Waals surface area contributed by atoms with Crippen LogP contribution in [0.4, 0.5) is 4.79 Å². The van der Waals surface area contributed by atoms with Gasteiger partial charge in [-0.05, 0) is 32.6 Å². The Hall–Kier alpha value is -1.30. The largest absolute Gasteiger partial charge is 0.481 e. The molecule has 1 aliphatic rings. The van der Waals surface area contributed by atoms with Gasteiger partial charge < -0.3 is 20.1 Å². The van der Waals surface area contributed by atoms with Gasteiger partial charge in [0.2, 0.25) is 0 Å². The van der Waals surface area contributed by atoms with E-state index in [4.69, 9.17) is 9.84 Å². The van der Waals surface area contributed by atoms with Gasteiger partial charge in [-0.1, -0.05) is 0 Å². The van der Waals surface area contributed by atoms with Crippen molar-refractivity contribution in [3.63, 3.8) is 0 Å². The number of likely N-dealkylation sites (tertiary alicyclic amines) is 1. The first-order chi connectivity index (χ1) is 9.02. The number of ether oxygens (including phenoxy) is 1. The van der Waals surface area contributed by atoms with E-state index in [-0.39, 0.29) is 24.5 Å². The number of nitrogens with one attached hydrogen (secondary N) is 1. The van der Waals surface area contributed by atoms with Crippen LogP contribution in [-0.4, -0.2) is 54.4 Å². The minimum atomic E-state index is -0.756. The van der Waals surface area contributed by atoms with Crippen LogP contribution in [0.3, 0.4) is 0 Å². The summed E-state index contributed by atoms with van der Waals surface area (Å²) in [5.74, 6) is -0.558. The molecule has 19 heavy (non-hydrogen) atoms. The summed E-state index contributed by atoms with van der Waals surface area (Å²) in [7, 11) is 0. The molecular formula is C13H24N2O4. The van der Waals surface area contributed by atoms with Crippen LogP contribution in [-0.2, 0) is 9.53 Å². The van der Waals surface area contributed by atoms with E-state index in [9.17, 15) is 9.59 Å². The molecule has 0 aromatic carbocycles. The van der Waals surface area contributed by atoms with Crippen LogP contribution < -0.4 is 5.32 Å². The highest BCUT2D eigenvalue weighted by molar-refractivity contribution is 5.74. The maximum atomic E-state index is 11.9. The van der Waals surface area contributed by atoms with Crippen molar-refractivity contribution < 1.29 is 19.4 Å². The summed E-state index contributed by atoms with van der Waals surface area (Å²) in [6.45, 7) is 6.24. The fraction of sp³-hybridized carbons (Fsp3) is 0.846. The van der Waals surface area contributed by atoms with Crippen molar-refractivity contribution in [2.45, 2.75) is 39.2 Å². The van der Waals surface area contributed by atoms with Gasteiger partial charge in [-0.25, -0.2) is 4.79 Å². The third-order valence-corrected chi connectivity index (χ3v) is 3.36. The fourth-order valence-electron chi connectivity index (χ4n) is 2.27. The maximum Gasteiger partial charge on any atom is 0.317 e. The molecule has 1 rings (SSSR count). The van der Waals surface area contributed by atoms with Crippen LogP contribution in [0.5, 0.6) is 0 Å². The third kappa shape index (κ3) is 5.92. The highest BCUT2D eigenvalue weighted by Gasteiger charge is 2.24. The number of carboxylic acids is 1. The summed E-state index contributed by atoms with van der Waals surface area (Å²) in [5, 5.41) is 11.6. The topological polar surface area (TPSA) is 78.9 Å². The first-order valence-corrected chi connectivity index (χ1v) is 6.89. The Morgan fingerprint density at radius 2 is 2.05 bits per heavy atom. The van der Waals surface area contributed by atoms with E-state index < -0.39 is 5.97 Å². The van der Waals surface area contributed by atoms with E-state index >= 15 is 0 Å². The lowest BCUT2D eigenvalue weighted by Crippen LogP contribution is -2.46. The third-order valence-electron chi connectivity index (χ3n) is 3.36. The Morgan fingerprint density at radius 3 is 2.58 bits per heavy atom. The number of carbonyl (C=O) groups excluding carboxylic acids is 1. The van der Waals surface area contributed by atoms with Crippen LogP contribution in [0, 0.1) is 5.92 Å². The van der Waals surface area contributed by atoms with E-state index in [1.165, 1.54) is 0 Å². The molecule has 0 aromatic heterocycles. The van der Waals surface area contributed by atoms with E-state index in [2.05, 4.69) is 5.32 Å². The molecular weight excluding hydrogens is 248 g/mol. The highest BCUT2D eigenvalue weighted by Crippen LogP contribution is 2.20. The molecule has 0 bridgehead atoms. The normalized spacial score (nSPS) is 18.1. The van der Waals surface area contributed by atoms with Gasteiger partial charge in [0.1, 0.15) is 0 Å². The van der Waals surface area contributed by atoms with Gasteiger partial charge in [0.05, 0.1) is 6.10 Å². The summed E-state index contributed by atoms with van der Waals surface area (Å²) >= 11 is 0. The van der Waals surface area contributed by atoms with E-state index in [0.29, 0.717) is 26.2 Å². The van der Waals surface area contributed by atoms with Gasteiger partial charge in [0.15, 0.2) is 0 Å². The average Bonchev–Trinajstić information content (AvgIpc) is 2.36. The predicted molar refractivity (Wildman–Crippen MR) is 71.0 cm³/mol. The lowest BCUT2D eigenvalue weighted by molar-refractivity contribution is -0.138. The number of carbonyl (C=O) groups is 2. The van der Waals surface area contributed by atoms with Crippen molar-refractivity contribution in [2.24, 2.45) is 5.92 Å². The summed E-state index contributed by atoms with van der Waals surface area (Å²) in [4.78, 5) is 24.2. The molecule has 1 atom stereocenters. The van der Waals surface area contributed by atoms with Crippen LogP contribution in [0.1, 0.15) is 33.1 Å². The number of nitrogens with zero attached hydrogens (tertiary/aromatic N) is 1. The quantitative estimate of drug-likeness (QED) is 0.764. The van der Waals surface area contributed by atoms with Gasteiger partial charge in [0, 0.05) is 32.7 Å². The minimum absolute atomic E-state index is 0.0125. The maximum absolute atomic E-state index is 11.9. The number of piperidine rings is 1. The molecule has 0 aliphatic carbocycles. The SMILES string of the molecule is CCOC(C)CNC(=O)N1CCC(CC(=O)O)CC1. The van der Waals surface area contributed by atoms with Crippen molar-refractivity contribution in [3.8, 4) is 0 Å². The second-order valence-corrected chi connectivity index (χ2v) is 4.98. The molecule has 6 heteroatoms. The fourth-order valence-corrected chi connectivity index (χ4v) is 2.27. The summed E-state index contributed by atoms with van der Waals surface area (Å²) in [6, 6.07) is -0.0830. The molecule has 2 N–H and O–H groups in total. The first-order valence-electron chi connectivity index (χ1n) is 6.89. The summed E-state index contributed by atoms with van der Waals surface area (Å²) in [6.07, 6.45) is 1.75. The standard InChI is InChI=1S/C13H24N2O4/c1-3-19-10(2)9-14-13(18)15-6-4-11(5-7-15)8-12(16)17/h10-11H,3-9H2,1-2H3,(H,14,18)(H,16,17). The molecule has 1 heterocycles. The zero-order valence-electron chi connectivity index (χ0n) is 11.7. The second kappa shape index (κ2) is 7.99. The molecule has 1 unspecified atom stereocenters. The molecule has 0 radical (unpaired) electrons. The number of aliphatic carboxylic acids is 1. The average molecular weight is 272 g/mol. The van der Waals surface area contributed by atoms with Crippen LogP contribution in [0.2, 0.25) is 0 Å². The zero-order valence-corrected chi connectivity index (χ0v) is 11.7. The van der Waals surface area contributed by atoms with Gasteiger partial charge >= 0.3 is 12.0 Å². The minimum Gasteiger partial charge on any atom is -0.481 e. The molecule has 0 spiro atoms. The Balaban J connectivity index is 2.23. The first kappa shape index (κ1) is 15.8. The van der Waals surface area contributed by atoms with Crippen LogP contribution >= 0.6 is 0 Å². The van der Waals surface area contributed by atoms with Crippen LogP contribution in [0.25, 0.3) is 0 Å². The van der Waals surface area contributed by atoms with Crippen LogP contribution in [0.15, 0.2) is 0 Å². The lowest BCUT2D eigenvalue weighted by atomic mass is 9.94. The van der Waals surface area contributed by atoms with Crippen molar-refractivity contribution >= 4 is 12.0 Å². The molecule has 0 aromatic rings. The Labute approximate surface area is 114 Å². The molecule has 1 saturated heterocycles. The van der Waals surface area contributed by atoms with Crippen molar-refractivity contribution in [1.29, 1.82) is 0 Å². The molecule has 6 nitrogen and oxygen atoms in total. The van der Waals surface area contributed by atoms with E-state index in [1.54, 1.807) is 4.90 Å². The van der Waals surface area contributed by atoms with Gasteiger partial charge in [-0.2, -0.15) is 0 Å². The number of carboxylic acid groups (broad SMARTS) is 1. The number of hydrogen-bond acceptors (Lipinski definition) is 3. The number of amides is 2. The molecule has 110 valence electrons. The Kier molecular flexibility index (Phi) is 6.62.